The van der Waals surface area contributed by atoms with Crippen molar-refractivity contribution in [1.29, 1.82) is 0 Å². The van der Waals surface area contributed by atoms with Gasteiger partial charge in [-0.2, -0.15) is 0 Å². The molecule has 1 aliphatic rings. The van der Waals surface area contributed by atoms with Crippen molar-refractivity contribution in [3.05, 3.63) is 70.8 Å². The van der Waals surface area contributed by atoms with Crippen LogP contribution >= 0.6 is 0 Å². The van der Waals surface area contributed by atoms with E-state index >= 15 is 0 Å². The molecule has 0 atom stereocenters. The Labute approximate surface area is 142 Å². The van der Waals surface area contributed by atoms with Crippen LogP contribution < -0.4 is 0 Å². The smallest absolute Gasteiger partial charge is 0.261 e. The molecule has 2 aromatic rings. The number of imide groups is 1. The van der Waals surface area contributed by atoms with Gasteiger partial charge in [-0.25, -0.2) is 0 Å². The molecule has 0 bridgehead atoms. The summed E-state index contributed by atoms with van der Waals surface area (Å²) >= 11 is 0. The summed E-state index contributed by atoms with van der Waals surface area (Å²) in [7, 11) is 0. The average Bonchev–Trinajstić information content (AvgIpc) is 2.86. The summed E-state index contributed by atoms with van der Waals surface area (Å²) in [6.07, 6.45) is 0. The van der Waals surface area contributed by atoms with Gasteiger partial charge in [0, 0.05) is 6.54 Å². The van der Waals surface area contributed by atoms with Crippen LogP contribution in [0.1, 0.15) is 45.7 Å². The largest absolute Gasteiger partial charge is 0.300 e. The second kappa shape index (κ2) is 6.97. The van der Waals surface area contributed by atoms with E-state index in [9.17, 15) is 9.59 Å². The average molecular weight is 322 g/mol. The highest BCUT2D eigenvalue weighted by atomic mass is 16.2. The Bertz CT molecular complexity index is 713. The molecule has 0 aromatic heterocycles. The summed E-state index contributed by atoms with van der Waals surface area (Å²) in [5.41, 5.74) is 3.21. The fraction of sp³-hybridized carbons (Fsp3) is 0.300. The fourth-order valence-electron chi connectivity index (χ4n) is 3.02. The lowest BCUT2D eigenvalue weighted by molar-refractivity contribution is 0.0642. The first-order chi connectivity index (χ1) is 11.6. The van der Waals surface area contributed by atoms with E-state index in [2.05, 4.69) is 30.9 Å². The van der Waals surface area contributed by atoms with Crippen molar-refractivity contribution in [3.63, 3.8) is 0 Å². The predicted molar refractivity (Wildman–Crippen MR) is 93.7 cm³/mol. The van der Waals surface area contributed by atoms with Gasteiger partial charge < -0.3 is 0 Å². The summed E-state index contributed by atoms with van der Waals surface area (Å²) < 4.78 is 0. The lowest BCUT2D eigenvalue weighted by atomic mass is 10.1. The van der Waals surface area contributed by atoms with Crippen molar-refractivity contribution >= 4 is 11.8 Å². The Morgan fingerprint density at radius 1 is 0.792 bits per heavy atom. The fourth-order valence-corrected chi connectivity index (χ4v) is 3.02. The molecular formula is C20H22N2O2. The summed E-state index contributed by atoms with van der Waals surface area (Å²) in [5, 5.41) is 0. The van der Waals surface area contributed by atoms with Gasteiger partial charge in [0.1, 0.15) is 0 Å². The molecule has 1 heterocycles. The van der Waals surface area contributed by atoms with Gasteiger partial charge in [-0.05, 0) is 36.3 Å². The van der Waals surface area contributed by atoms with Gasteiger partial charge >= 0.3 is 0 Å². The SMILES string of the molecule is CCN(CC)Cc1ccc(CN2C(=O)c3ccccc3C2=O)cc1. The van der Waals surface area contributed by atoms with Crippen LogP contribution in [0.5, 0.6) is 0 Å². The zero-order valence-corrected chi connectivity index (χ0v) is 14.2. The Morgan fingerprint density at radius 3 is 1.79 bits per heavy atom. The van der Waals surface area contributed by atoms with Crippen molar-refractivity contribution in [3.8, 4) is 0 Å². The molecule has 124 valence electrons. The van der Waals surface area contributed by atoms with Crippen molar-refractivity contribution < 1.29 is 9.59 Å². The van der Waals surface area contributed by atoms with Crippen LogP contribution in [0.25, 0.3) is 0 Å². The van der Waals surface area contributed by atoms with Crippen LogP contribution in [0, 0.1) is 0 Å². The number of benzene rings is 2. The van der Waals surface area contributed by atoms with E-state index in [1.807, 2.05) is 12.1 Å². The molecule has 0 radical (unpaired) electrons. The summed E-state index contributed by atoms with van der Waals surface area (Å²) in [6.45, 7) is 7.58. The molecule has 4 nitrogen and oxygen atoms in total. The minimum absolute atomic E-state index is 0.206. The third-order valence-corrected chi connectivity index (χ3v) is 4.54. The molecule has 3 rings (SSSR count). The predicted octanol–water partition coefficient (Wildman–Crippen LogP) is 3.32. The zero-order chi connectivity index (χ0) is 17.1. The van der Waals surface area contributed by atoms with Crippen LogP contribution in [0.2, 0.25) is 0 Å². The molecule has 0 aliphatic carbocycles. The molecule has 1 aliphatic heterocycles. The second-order valence-corrected chi connectivity index (χ2v) is 6.02. The van der Waals surface area contributed by atoms with Crippen molar-refractivity contribution in [2.45, 2.75) is 26.9 Å². The Morgan fingerprint density at radius 2 is 1.29 bits per heavy atom. The topological polar surface area (TPSA) is 40.6 Å². The molecule has 0 fully saturated rings. The lowest BCUT2D eigenvalue weighted by Crippen LogP contribution is -2.29. The number of hydrogen-bond donors (Lipinski definition) is 0. The van der Waals surface area contributed by atoms with Crippen molar-refractivity contribution in [2.24, 2.45) is 0 Å². The van der Waals surface area contributed by atoms with Crippen LogP contribution in [0.4, 0.5) is 0 Å². The first-order valence-corrected chi connectivity index (χ1v) is 8.39. The number of rotatable bonds is 6. The Balaban J connectivity index is 1.71. The summed E-state index contributed by atoms with van der Waals surface area (Å²) in [6, 6.07) is 15.2. The van der Waals surface area contributed by atoms with Gasteiger partial charge in [-0.3, -0.25) is 19.4 Å². The number of fused-ring (bicyclic) bond motifs is 1. The number of nitrogens with zero attached hydrogens (tertiary/aromatic N) is 2. The molecule has 0 spiro atoms. The Hall–Kier alpha value is -2.46. The highest BCUT2D eigenvalue weighted by molar-refractivity contribution is 6.21. The molecule has 0 saturated carbocycles. The number of carbonyl (C=O) groups excluding carboxylic acids is 2. The second-order valence-electron chi connectivity index (χ2n) is 6.02. The normalized spacial score (nSPS) is 13.7. The minimum Gasteiger partial charge on any atom is -0.300 e. The maximum atomic E-state index is 12.4. The van der Waals surface area contributed by atoms with E-state index in [4.69, 9.17) is 0 Å². The number of carbonyl (C=O) groups is 2. The molecule has 24 heavy (non-hydrogen) atoms. The molecule has 4 heteroatoms. The van der Waals surface area contributed by atoms with Gasteiger partial charge in [-0.15, -0.1) is 0 Å². The third-order valence-electron chi connectivity index (χ3n) is 4.54. The van der Waals surface area contributed by atoms with Crippen LogP contribution in [0.3, 0.4) is 0 Å². The number of amides is 2. The van der Waals surface area contributed by atoms with E-state index in [0.29, 0.717) is 17.7 Å². The highest BCUT2D eigenvalue weighted by Gasteiger charge is 2.34. The van der Waals surface area contributed by atoms with Crippen LogP contribution in [-0.4, -0.2) is 34.7 Å². The van der Waals surface area contributed by atoms with E-state index in [1.165, 1.54) is 10.5 Å². The highest BCUT2D eigenvalue weighted by Crippen LogP contribution is 2.24. The molecular weight excluding hydrogens is 300 g/mol. The minimum atomic E-state index is -0.206. The van der Waals surface area contributed by atoms with Gasteiger partial charge in [0.15, 0.2) is 0 Å². The summed E-state index contributed by atoms with van der Waals surface area (Å²) in [4.78, 5) is 28.5. The maximum absolute atomic E-state index is 12.4. The van der Waals surface area contributed by atoms with Gasteiger partial charge in [0.2, 0.25) is 0 Å². The molecule has 0 N–H and O–H groups in total. The first-order valence-electron chi connectivity index (χ1n) is 8.39. The van der Waals surface area contributed by atoms with Crippen molar-refractivity contribution in [1.82, 2.24) is 9.80 Å². The van der Waals surface area contributed by atoms with E-state index in [1.54, 1.807) is 24.3 Å². The first kappa shape index (κ1) is 16.4. The lowest BCUT2D eigenvalue weighted by Gasteiger charge is -2.18. The van der Waals surface area contributed by atoms with Crippen LogP contribution in [-0.2, 0) is 13.1 Å². The monoisotopic (exact) mass is 322 g/mol. The molecule has 2 aromatic carbocycles. The quantitative estimate of drug-likeness (QED) is 0.766. The molecule has 0 unspecified atom stereocenters. The van der Waals surface area contributed by atoms with Gasteiger partial charge in [0.25, 0.3) is 11.8 Å². The third kappa shape index (κ3) is 3.10. The van der Waals surface area contributed by atoms with Crippen molar-refractivity contribution in [2.75, 3.05) is 13.1 Å². The number of hydrogen-bond acceptors (Lipinski definition) is 3. The molecule has 0 saturated heterocycles. The van der Waals surface area contributed by atoms with E-state index in [0.717, 1.165) is 25.2 Å². The zero-order valence-electron chi connectivity index (χ0n) is 14.2. The van der Waals surface area contributed by atoms with E-state index in [-0.39, 0.29) is 11.8 Å². The van der Waals surface area contributed by atoms with E-state index < -0.39 is 0 Å². The Kier molecular flexibility index (Phi) is 4.76. The molecule has 2 amide bonds. The van der Waals surface area contributed by atoms with Gasteiger partial charge in [0.05, 0.1) is 17.7 Å². The standard InChI is InChI=1S/C20H22N2O2/c1-3-21(4-2)13-15-9-11-16(12-10-15)14-22-19(23)17-7-5-6-8-18(17)20(22)24/h5-12H,3-4,13-14H2,1-2H3. The van der Waals surface area contributed by atoms with Gasteiger partial charge in [-0.1, -0.05) is 50.2 Å². The van der Waals surface area contributed by atoms with Crippen LogP contribution in [0.15, 0.2) is 48.5 Å². The summed E-state index contributed by atoms with van der Waals surface area (Å²) in [5.74, 6) is -0.411. The maximum Gasteiger partial charge on any atom is 0.261 e.